The molecule has 186 valence electrons. The Bertz CT molecular complexity index is 1030. The summed E-state index contributed by atoms with van der Waals surface area (Å²) in [6.45, 7) is 4.37. The van der Waals surface area contributed by atoms with Gasteiger partial charge in [-0.2, -0.15) is 5.10 Å². The van der Waals surface area contributed by atoms with Gasteiger partial charge in [-0.25, -0.2) is 0 Å². The van der Waals surface area contributed by atoms with Gasteiger partial charge in [0.25, 0.3) is 5.91 Å². The number of piperidine rings is 1. The predicted molar refractivity (Wildman–Crippen MR) is 136 cm³/mol. The Balaban J connectivity index is 1.29. The molecule has 2 aliphatic rings. The van der Waals surface area contributed by atoms with E-state index >= 15 is 0 Å². The Morgan fingerprint density at radius 3 is 2.57 bits per heavy atom. The fourth-order valence-corrected chi connectivity index (χ4v) is 4.35. The Hall–Kier alpha value is -3.23. The minimum Gasteiger partial charge on any atom is -0.462 e. The summed E-state index contributed by atoms with van der Waals surface area (Å²) in [5.74, 6) is -0.378. The molecule has 1 amide bonds. The summed E-state index contributed by atoms with van der Waals surface area (Å²) < 4.78 is 10.1. The fraction of sp³-hybridized carbons (Fsp3) is 0.444. The zero-order valence-corrected chi connectivity index (χ0v) is 20.4. The number of carbonyl (C=O) groups excluding carboxylic acids is 2. The van der Waals surface area contributed by atoms with Crippen LogP contribution < -0.4 is 5.32 Å². The molecule has 1 fully saturated rings. The summed E-state index contributed by atoms with van der Waals surface area (Å²) in [7, 11) is 1.58. The molecule has 8 heteroatoms. The molecule has 0 saturated carbocycles. The first-order valence-corrected chi connectivity index (χ1v) is 12.3. The number of ether oxygens (including phenoxy) is 2. The van der Waals surface area contributed by atoms with E-state index in [4.69, 9.17) is 9.47 Å². The van der Waals surface area contributed by atoms with Crippen LogP contribution in [0.2, 0.25) is 0 Å². The number of methoxy groups -OCH3 is 1. The number of anilines is 1. The second kappa shape index (κ2) is 12.5. The quantitative estimate of drug-likeness (QED) is 0.338. The smallest absolute Gasteiger partial charge is 0.320 e. The lowest BCUT2D eigenvalue weighted by Gasteiger charge is -2.28. The van der Waals surface area contributed by atoms with Crippen LogP contribution in [0.25, 0.3) is 0 Å². The van der Waals surface area contributed by atoms with Gasteiger partial charge in [0.15, 0.2) is 0 Å². The lowest BCUT2D eigenvalue weighted by molar-refractivity contribution is -0.146. The number of amides is 1. The van der Waals surface area contributed by atoms with Crippen LogP contribution in [0.15, 0.2) is 47.6 Å². The van der Waals surface area contributed by atoms with Crippen LogP contribution in [0.5, 0.6) is 0 Å². The zero-order valence-electron chi connectivity index (χ0n) is 20.4. The maximum Gasteiger partial charge on any atom is 0.320 e. The normalized spacial score (nSPS) is 16.2. The first-order valence-electron chi connectivity index (χ1n) is 12.3. The molecule has 8 nitrogen and oxygen atoms in total. The molecule has 1 saturated heterocycles. The average Bonchev–Trinajstić information content (AvgIpc) is 2.88. The van der Waals surface area contributed by atoms with E-state index in [2.05, 4.69) is 20.3 Å². The van der Waals surface area contributed by atoms with Crippen molar-refractivity contribution in [2.75, 3.05) is 51.8 Å². The maximum absolute atomic E-state index is 12.8. The van der Waals surface area contributed by atoms with E-state index in [1.54, 1.807) is 7.11 Å². The van der Waals surface area contributed by atoms with Crippen molar-refractivity contribution in [2.24, 2.45) is 5.10 Å². The van der Waals surface area contributed by atoms with Crippen molar-refractivity contribution in [3.05, 3.63) is 64.7 Å². The van der Waals surface area contributed by atoms with Crippen molar-refractivity contribution >= 4 is 23.8 Å². The second-order valence-electron chi connectivity index (χ2n) is 8.99. The number of rotatable bonds is 9. The van der Waals surface area contributed by atoms with Gasteiger partial charge in [-0.3, -0.25) is 19.5 Å². The molecular weight excluding hydrogens is 444 g/mol. The van der Waals surface area contributed by atoms with Crippen LogP contribution in [0.4, 0.5) is 5.69 Å². The van der Waals surface area contributed by atoms with Gasteiger partial charge in [-0.05, 0) is 66.6 Å². The van der Waals surface area contributed by atoms with Gasteiger partial charge in [-0.15, -0.1) is 0 Å². The van der Waals surface area contributed by atoms with Crippen molar-refractivity contribution in [3.8, 4) is 0 Å². The van der Waals surface area contributed by atoms with E-state index < -0.39 is 0 Å². The average molecular weight is 479 g/mol. The number of nitrogens with one attached hydrogen (secondary N) is 1. The third-order valence-electron chi connectivity index (χ3n) is 6.33. The van der Waals surface area contributed by atoms with Crippen molar-refractivity contribution in [1.82, 2.24) is 9.91 Å². The molecule has 0 bridgehead atoms. The third kappa shape index (κ3) is 7.37. The standard InChI is InChI=1S/C27H34N4O4/c1-34-15-16-35-26(32)20-30-14-11-22-17-23(7-8-24(22)19-30)27(33)29-25-9-5-21(6-10-25)18-28-31-12-3-2-4-13-31/h5-10,17-18H,2-4,11-16,19-20H2,1H3,(H,29,33). The molecule has 0 atom stereocenters. The largest absolute Gasteiger partial charge is 0.462 e. The molecular formula is C27H34N4O4. The van der Waals surface area contributed by atoms with Gasteiger partial charge in [0, 0.05) is 44.5 Å². The van der Waals surface area contributed by atoms with E-state index in [0.717, 1.165) is 48.4 Å². The first kappa shape index (κ1) is 24.9. The van der Waals surface area contributed by atoms with E-state index in [9.17, 15) is 9.59 Å². The van der Waals surface area contributed by atoms with E-state index in [0.29, 0.717) is 18.7 Å². The van der Waals surface area contributed by atoms with Crippen LogP contribution in [0, 0.1) is 0 Å². The number of hydrogen-bond donors (Lipinski definition) is 1. The van der Waals surface area contributed by atoms with Gasteiger partial charge < -0.3 is 14.8 Å². The molecule has 35 heavy (non-hydrogen) atoms. The molecule has 2 aromatic carbocycles. The topological polar surface area (TPSA) is 83.5 Å². The fourth-order valence-electron chi connectivity index (χ4n) is 4.35. The number of fused-ring (bicyclic) bond motifs is 1. The van der Waals surface area contributed by atoms with Gasteiger partial charge in [0.2, 0.25) is 0 Å². The number of hydrogen-bond acceptors (Lipinski definition) is 7. The molecule has 2 aromatic rings. The number of esters is 1. The number of carbonyl (C=O) groups is 2. The lowest BCUT2D eigenvalue weighted by atomic mass is 9.97. The Labute approximate surface area is 206 Å². The van der Waals surface area contributed by atoms with Crippen LogP contribution >= 0.6 is 0 Å². The summed E-state index contributed by atoms with van der Waals surface area (Å²) in [4.78, 5) is 26.9. The van der Waals surface area contributed by atoms with Crippen molar-refractivity contribution < 1.29 is 19.1 Å². The number of nitrogens with zero attached hydrogens (tertiary/aromatic N) is 3. The predicted octanol–water partition coefficient (Wildman–Crippen LogP) is 3.31. The summed E-state index contributed by atoms with van der Waals surface area (Å²) in [5, 5.41) is 9.65. The molecule has 0 spiro atoms. The Kier molecular flexibility index (Phi) is 8.86. The van der Waals surface area contributed by atoms with Crippen LogP contribution in [-0.4, -0.2) is 74.5 Å². The SMILES string of the molecule is COCCOC(=O)CN1CCc2cc(C(=O)Nc3ccc(C=NN4CCCCC4)cc3)ccc2C1. The third-order valence-corrected chi connectivity index (χ3v) is 6.33. The van der Waals surface area contributed by atoms with Crippen LogP contribution in [-0.2, 0) is 27.2 Å². The highest BCUT2D eigenvalue weighted by Crippen LogP contribution is 2.21. The molecule has 0 radical (unpaired) electrons. The molecule has 0 aliphatic carbocycles. The van der Waals surface area contributed by atoms with E-state index in [1.165, 1.54) is 19.3 Å². The van der Waals surface area contributed by atoms with E-state index in [-0.39, 0.29) is 25.0 Å². The molecule has 0 aromatic heterocycles. The Morgan fingerprint density at radius 1 is 1.00 bits per heavy atom. The van der Waals surface area contributed by atoms with Crippen LogP contribution in [0.1, 0.15) is 46.3 Å². The molecule has 0 unspecified atom stereocenters. The highest BCUT2D eigenvalue weighted by Gasteiger charge is 2.20. The highest BCUT2D eigenvalue weighted by atomic mass is 16.6. The summed E-state index contributed by atoms with van der Waals surface area (Å²) in [6.07, 6.45) is 6.35. The number of hydrazone groups is 1. The maximum atomic E-state index is 12.8. The zero-order chi connectivity index (χ0) is 24.5. The van der Waals surface area contributed by atoms with Crippen molar-refractivity contribution in [2.45, 2.75) is 32.2 Å². The minimum atomic E-state index is -0.245. The molecule has 1 N–H and O–H groups in total. The second-order valence-corrected chi connectivity index (χ2v) is 8.99. The lowest BCUT2D eigenvalue weighted by Crippen LogP contribution is -2.36. The van der Waals surface area contributed by atoms with E-state index in [1.807, 2.05) is 48.7 Å². The van der Waals surface area contributed by atoms with Gasteiger partial charge >= 0.3 is 5.97 Å². The van der Waals surface area contributed by atoms with Gasteiger partial charge in [0.1, 0.15) is 6.61 Å². The minimum absolute atomic E-state index is 0.133. The van der Waals surface area contributed by atoms with Gasteiger partial charge in [-0.1, -0.05) is 18.2 Å². The summed E-state index contributed by atoms with van der Waals surface area (Å²) >= 11 is 0. The summed E-state index contributed by atoms with van der Waals surface area (Å²) in [5.41, 5.74) is 4.67. The van der Waals surface area contributed by atoms with Crippen molar-refractivity contribution in [3.63, 3.8) is 0 Å². The Morgan fingerprint density at radius 2 is 1.80 bits per heavy atom. The van der Waals surface area contributed by atoms with Crippen molar-refractivity contribution in [1.29, 1.82) is 0 Å². The molecule has 2 heterocycles. The first-order chi connectivity index (χ1) is 17.1. The van der Waals surface area contributed by atoms with Gasteiger partial charge in [0.05, 0.1) is 19.4 Å². The van der Waals surface area contributed by atoms with Crippen LogP contribution in [0.3, 0.4) is 0 Å². The highest BCUT2D eigenvalue weighted by molar-refractivity contribution is 6.04. The number of benzene rings is 2. The summed E-state index contributed by atoms with van der Waals surface area (Å²) in [6, 6.07) is 13.5. The molecule has 4 rings (SSSR count). The molecule has 2 aliphatic heterocycles. The monoisotopic (exact) mass is 478 g/mol.